The van der Waals surface area contributed by atoms with Gasteiger partial charge in [-0.25, -0.2) is 5.43 Å². The summed E-state index contributed by atoms with van der Waals surface area (Å²) in [5.41, 5.74) is 3.69. The van der Waals surface area contributed by atoms with Gasteiger partial charge in [0.15, 0.2) is 11.5 Å². The lowest BCUT2D eigenvalue weighted by atomic mass is 9.88. The van der Waals surface area contributed by atoms with Gasteiger partial charge < -0.3 is 15.2 Å². The van der Waals surface area contributed by atoms with E-state index in [4.69, 9.17) is 4.74 Å². The van der Waals surface area contributed by atoms with Crippen molar-refractivity contribution in [3.8, 4) is 11.5 Å². The van der Waals surface area contributed by atoms with Gasteiger partial charge in [-0.1, -0.05) is 46.3 Å². The monoisotopic (exact) mass is 445 g/mol. The number of halogens is 1. The van der Waals surface area contributed by atoms with Crippen molar-refractivity contribution in [3.63, 3.8) is 0 Å². The summed E-state index contributed by atoms with van der Waals surface area (Å²) in [4.78, 5) is 24.7. The van der Waals surface area contributed by atoms with Gasteiger partial charge in [-0.15, -0.1) is 0 Å². The predicted molar refractivity (Wildman–Crippen MR) is 108 cm³/mol. The second kappa shape index (κ2) is 8.88. The molecule has 1 heterocycles. The second-order valence-electron chi connectivity index (χ2n) is 6.25. The molecule has 2 aromatic rings. The van der Waals surface area contributed by atoms with Crippen LogP contribution in [0, 0.1) is 5.92 Å². The van der Waals surface area contributed by atoms with E-state index in [1.54, 1.807) is 12.1 Å². The van der Waals surface area contributed by atoms with Gasteiger partial charge in [-0.05, 0) is 24.6 Å². The first-order valence-corrected chi connectivity index (χ1v) is 9.61. The third kappa shape index (κ3) is 4.33. The number of phenols is 1. The Labute approximate surface area is 170 Å². The highest BCUT2D eigenvalue weighted by molar-refractivity contribution is 9.10. The molecule has 2 aromatic carbocycles. The fourth-order valence-electron chi connectivity index (χ4n) is 3.13. The topological polar surface area (TPSA) is 100 Å². The molecule has 2 unspecified atom stereocenters. The highest BCUT2D eigenvalue weighted by atomic mass is 79.9. The SMILES string of the molecule is CCOc1cc(Br)cc(/C=N\NC(=O)C2C(=O)NCC2c2ccccc2)c1O. The maximum atomic E-state index is 12.6. The third-order valence-corrected chi connectivity index (χ3v) is 4.90. The first-order chi connectivity index (χ1) is 13.5. The fraction of sp³-hybridized carbons (Fsp3) is 0.250. The van der Waals surface area contributed by atoms with E-state index in [0.29, 0.717) is 28.9 Å². The van der Waals surface area contributed by atoms with Gasteiger partial charge in [0.1, 0.15) is 5.92 Å². The molecule has 0 aliphatic carbocycles. The number of aromatic hydroxyl groups is 1. The molecule has 3 rings (SSSR count). The van der Waals surface area contributed by atoms with Crippen LogP contribution in [0.1, 0.15) is 24.0 Å². The Morgan fingerprint density at radius 3 is 2.86 bits per heavy atom. The standard InChI is InChI=1S/C20H20BrN3O4/c1-2-28-16-9-14(21)8-13(18(16)25)10-23-24-20(27)17-15(11-22-19(17)26)12-6-4-3-5-7-12/h3-10,15,17,25H,2,11H2,1H3,(H,22,26)(H,24,27)/b23-10-. The quantitative estimate of drug-likeness (QED) is 0.361. The van der Waals surface area contributed by atoms with Crippen molar-refractivity contribution in [1.82, 2.24) is 10.7 Å². The number of nitrogens with one attached hydrogen (secondary N) is 2. The molecule has 1 fully saturated rings. The van der Waals surface area contributed by atoms with Crippen LogP contribution in [0.15, 0.2) is 52.0 Å². The first-order valence-electron chi connectivity index (χ1n) is 8.82. The van der Waals surface area contributed by atoms with E-state index in [2.05, 4.69) is 31.8 Å². The number of benzene rings is 2. The van der Waals surface area contributed by atoms with Crippen molar-refractivity contribution in [2.75, 3.05) is 13.2 Å². The lowest BCUT2D eigenvalue weighted by Crippen LogP contribution is -2.34. The zero-order valence-electron chi connectivity index (χ0n) is 15.2. The Kier molecular flexibility index (Phi) is 6.30. The van der Waals surface area contributed by atoms with Crippen molar-refractivity contribution in [2.45, 2.75) is 12.8 Å². The minimum atomic E-state index is -0.866. The molecule has 28 heavy (non-hydrogen) atoms. The molecular formula is C20H20BrN3O4. The summed E-state index contributed by atoms with van der Waals surface area (Å²) in [7, 11) is 0. The van der Waals surface area contributed by atoms with Crippen LogP contribution in [0.25, 0.3) is 0 Å². The normalized spacial score (nSPS) is 18.9. The molecule has 0 radical (unpaired) electrons. The van der Waals surface area contributed by atoms with Crippen LogP contribution in [-0.4, -0.2) is 36.3 Å². The van der Waals surface area contributed by atoms with Gasteiger partial charge in [-0.3, -0.25) is 9.59 Å². The number of phenolic OH excluding ortho intramolecular Hbond substituents is 1. The van der Waals surface area contributed by atoms with Crippen molar-refractivity contribution in [1.29, 1.82) is 0 Å². The summed E-state index contributed by atoms with van der Waals surface area (Å²) >= 11 is 3.34. The Morgan fingerprint density at radius 2 is 2.14 bits per heavy atom. The number of rotatable bonds is 6. The molecular weight excluding hydrogens is 426 g/mol. The maximum Gasteiger partial charge on any atom is 0.253 e. The molecule has 2 amide bonds. The zero-order valence-corrected chi connectivity index (χ0v) is 16.8. The van der Waals surface area contributed by atoms with Gasteiger partial charge >= 0.3 is 0 Å². The average Bonchev–Trinajstić information content (AvgIpc) is 3.07. The Balaban J connectivity index is 1.73. The number of nitrogens with zero attached hydrogens (tertiary/aromatic N) is 1. The van der Waals surface area contributed by atoms with E-state index < -0.39 is 11.8 Å². The number of amides is 2. The fourth-order valence-corrected chi connectivity index (χ4v) is 3.58. The van der Waals surface area contributed by atoms with E-state index in [-0.39, 0.29) is 17.6 Å². The van der Waals surface area contributed by atoms with Crippen LogP contribution in [0.2, 0.25) is 0 Å². The third-order valence-electron chi connectivity index (χ3n) is 4.44. The van der Waals surface area contributed by atoms with Gasteiger partial charge in [-0.2, -0.15) is 5.10 Å². The maximum absolute atomic E-state index is 12.6. The van der Waals surface area contributed by atoms with Gasteiger partial charge in [0.05, 0.1) is 12.8 Å². The average molecular weight is 446 g/mol. The van der Waals surface area contributed by atoms with E-state index >= 15 is 0 Å². The number of hydrogen-bond donors (Lipinski definition) is 3. The molecule has 0 saturated carbocycles. The van der Waals surface area contributed by atoms with Gasteiger partial charge in [0.25, 0.3) is 5.91 Å². The van der Waals surface area contributed by atoms with Crippen LogP contribution >= 0.6 is 15.9 Å². The molecule has 0 aromatic heterocycles. The molecule has 2 atom stereocenters. The number of hydrazone groups is 1. The molecule has 7 nitrogen and oxygen atoms in total. The molecule has 1 aliphatic rings. The molecule has 3 N–H and O–H groups in total. The highest BCUT2D eigenvalue weighted by Crippen LogP contribution is 2.33. The van der Waals surface area contributed by atoms with Crippen LogP contribution in [-0.2, 0) is 9.59 Å². The summed E-state index contributed by atoms with van der Waals surface area (Å²) in [5.74, 6) is -1.72. The first kappa shape index (κ1) is 19.9. The summed E-state index contributed by atoms with van der Waals surface area (Å²) in [6, 6.07) is 12.7. The number of carbonyl (C=O) groups is 2. The number of hydrogen-bond acceptors (Lipinski definition) is 5. The summed E-state index contributed by atoms with van der Waals surface area (Å²) in [6.07, 6.45) is 1.31. The smallest absolute Gasteiger partial charge is 0.253 e. The van der Waals surface area contributed by atoms with Gasteiger partial charge in [0.2, 0.25) is 5.91 Å². The summed E-state index contributed by atoms with van der Waals surface area (Å²) < 4.78 is 6.06. The summed E-state index contributed by atoms with van der Waals surface area (Å²) in [5, 5.41) is 16.9. The highest BCUT2D eigenvalue weighted by Gasteiger charge is 2.40. The van der Waals surface area contributed by atoms with Gasteiger partial charge in [0, 0.05) is 22.5 Å². The minimum Gasteiger partial charge on any atom is -0.504 e. The van der Waals surface area contributed by atoms with Crippen LogP contribution in [0.4, 0.5) is 0 Å². The van der Waals surface area contributed by atoms with Crippen molar-refractivity contribution >= 4 is 34.0 Å². The molecule has 0 spiro atoms. The largest absolute Gasteiger partial charge is 0.504 e. The van der Waals surface area contributed by atoms with Crippen molar-refractivity contribution < 1.29 is 19.4 Å². The lowest BCUT2D eigenvalue weighted by Gasteiger charge is -2.15. The molecule has 0 bridgehead atoms. The Hall–Kier alpha value is -2.87. The van der Waals surface area contributed by atoms with Crippen LogP contribution < -0.4 is 15.5 Å². The predicted octanol–water partition coefficient (Wildman–Crippen LogP) is 2.53. The lowest BCUT2D eigenvalue weighted by molar-refractivity contribution is -0.133. The van der Waals surface area contributed by atoms with E-state index in [1.807, 2.05) is 37.3 Å². The second-order valence-corrected chi connectivity index (χ2v) is 7.16. The number of carbonyl (C=O) groups excluding carboxylic acids is 2. The molecule has 1 saturated heterocycles. The summed E-state index contributed by atoms with van der Waals surface area (Å²) in [6.45, 7) is 2.61. The van der Waals surface area contributed by atoms with Crippen molar-refractivity contribution in [2.24, 2.45) is 11.0 Å². The number of ether oxygens (including phenoxy) is 1. The van der Waals surface area contributed by atoms with E-state index in [0.717, 1.165) is 5.56 Å². The molecule has 8 heteroatoms. The Morgan fingerprint density at radius 1 is 1.39 bits per heavy atom. The van der Waals surface area contributed by atoms with E-state index in [9.17, 15) is 14.7 Å². The van der Waals surface area contributed by atoms with E-state index in [1.165, 1.54) is 6.21 Å². The molecule has 1 aliphatic heterocycles. The van der Waals surface area contributed by atoms with Crippen molar-refractivity contribution in [3.05, 3.63) is 58.1 Å². The minimum absolute atomic E-state index is 0.0798. The van der Waals surface area contributed by atoms with Crippen LogP contribution in [0.3, 0.4) is 0 Å². The molecule has 146 valence electrons. The zero-order chi connectivity index (χ0) is 20.1. The Bertz CT molecular complexity index is 902. The van der Waals surface area contributed by atoms with Crippen LogP contribution in [0.5, 0.6) is 11.5 Å².